The largest absolute Gasteiger partial charge is 0.496 e. The minimum absolute atomic E-state index is 0.509. The highest BCUT2D eigenvalue weighted by molar-refractivity contribution is 5.76. The van der Waals surface area contributed by atoms with Crippen LogP contribution in [0.2, 0.25) is 0 Å². The van der Waals surface area contributed by atoms with E-state index in [1.54, 1.807) is 7.11 Å². The lowest BCUT2D eigenvalue weighted by Gasteiger charge is -2.04. The van der Waals surface area contributed by atoms with E-state index >= 15 is 0 Å². The zero-order chi connectivity index (χ0) is 9.97. The van der Waals surface area contributed by atoms with Gasteiger partial charge in [0.05, 0.1) is 7.11 Å². The van der Waals surface area contributed by atoms with E-state index in [0.29, 0.717) is 11.4 Å². The molecule has 0 unspecified atom stereocenters. The third-order valence-corrected chi connectivity index (χ3v) is 1.96. The molecule has 1 heterocycles. The van der Waals surface area contributed by atoms with Crippen LogP contribution in [0.15, 0.2) is 35.1 Å². The topological polar surface area (TPSA) is 61.3 Å². The summed E-state index contributed by atoms with van der Waals surface area (Å²) in [5, 5.41) is 3.81. The van der Waals surface area contributed by atoms with Crippen LogP contribution in [0.5, 0.6) is 5.75 Å². The quantitative estimate of drug-likeness (QED) is 0.786. The van der Waals surface area contributed by atoms with Crippen molar-refractivity contribution in [3.63, 3.8) is 0 Å². The molecule has 0 bridgehead atoms. The third kappa shape index (κ3) is 1.31. The van der Waals surface area contributed by atoms with Crippen molar-refractivity contribution in [3.8, 4) is 17.0 Å². The first-order valence-corrected chi connectivity index (χ1v) is 4.16. The second kappa shape index (κ2) is 3.41. The van der Waals surface area contributed by atoms with E-state index in [1.165, 1.54) is 6.26 Å². The molecular formula is C10H10N2O2. The zero-order valence-corrected chi connectivity index (χ0v) is 7.73. The molecule has 0 saturated heterocycles. The van der Waals surface area contributed by atoms with E-state index in [0.717, 1.165) is 11.3 Å². The van der Waals surface area contributed by atoms with Gasteiger partial charge in [0.15, 0.2) is 0 Å². The monoisotopic (exact) mass is 190 g/mol. The van der Waals surface area contributed by atoms with E-state index in [1.807, 2.05) is 24.3 Å². The minimum atomic E-state index is 0.509. The average Bonchev–Trinajstić information content (AvgIpc) is 2.64. The molecule has 1 aromatic carbocycles. The van der Waals surface area contributed by atoms with Crippen LogP contribution in [0, 0.1) is 0 Å². The normalized spacial score (nSPS) is 10.1. The van der Waals surface area contributed by atoms with Crippen LogP contribution in [0.4, 0.5) is 5.69 Å². The summed E-state index contributed by atoms with van der Waals surface area (Å²) in [5.41, 5.74) is 7.64. The van der Waals surface area contributed by atoms with Gasteiger partial charge in [0, 0.05) is 5.56 Å². The van der Waals surface area contributed by atoms with Crippen LogP contribution >= 0.6 is 0 Å². The summed E-state index contributed by atoms with van der Waals surface area (Å²) >= 11 is 0. The van der Waals surface area contributed by atoms with Gasteiger partial charge in [-0.3, -0.25) is 0 Å². The first-order chi connectivity index (χ1) is 6.83. The van der Waals surface area contributed by atoms with Gasteiger partial charge >= 0.3 is 0 Å². The Labute approximate surface area is 81.3 Å². The van der Waals surface area contributed by atoms with Crippen molar-refractivity contribution in [2.75, 3.05) is 12.8 Å². The molecule has 2 aromatic rings. The first kappa shape index (κ1) is 8.62. The average molecular weight is 190 g/mol. The standard InChI is InChI=1S/C10H10N2O2/c1-13-9-5-3-2-4-7(9)10-8(11)6-14-12-10/h2-6H,11H2,1H3. The van der Waals surface area contributed by atoms with Gasteiger partial charge in [-0.05, 0) is 12.1 Å². The lowest BCUT2D eigenvalue weighted by molar-refractivity contribution is 0.411. The first-order valence-electron chi connectivity index (χ1n) is 4.16. The zero-order valence-electron chi connectivity index (χ0n) is 7.73. The number of aromatic nitrogens is 1. The molecule has 0 spiro atoms. The molecule has 0 amide bonds. The smallest absolute Gasteiger partial charge is 0.147 e. The van der Waals surface area contributed by atoms with Gasteiger partial charge in [0.2, 0.25) is 0 Å². The van der Waals surface area contributed by atoms with Gasteiger partial charge < -0.3 is 15.0 Å². The SMILES string of the molecule is COc1ccccc1-c1nocc1N. The maximum Gasteiger partial charge on any atom is 0.147 e. The number of benzene rings is 1. The molecule has 0 aliphatic carbocycles. The number of ether oxygens (including phenoxy) is 1. The summed E-state index contributed by atoms with van der Waals surface area (Å²) < 4.78 is 9.96. The highest BCUT2D eigenvalue weighted by atomic mass is 16.5. The lowest BCUT2D eigenvalue weighted by Crippen LogP contribution is -1.90. The predicted octanol–water partition coefficient (Wildman–Crippen LogP) is 1.93. The number of methoxy groups -OCH3 is 1. The van der Waals surface area contributed by atoms with E-state index < -0.39 is 0 Å². The number of rotatable bonds is 2. The van der Waals surface area contributed by atoms with Crippen LogP contribution in [-0.4, -0.2) is 12.3 Å². The van der Waals surface area contributed by atoms with E-state index in [4.69, 9.17) is 15.0 Å². The molecule has 0 atom stereocenters. The number of nitrogens with two attached hydrogens (primary N) is 1. The van der Waals surface area contributed by atoms with Gasteiger partial charge in [0.25, 0.3) is 0 Å². The highest BCUT2D eigenvalue weighted by Gasteiger charge is 2.11. The number of hydrogen-bond acceptors (Lipinski definition) is 4. The molecule has 0 aliphatic rings. The number of nitrogens with zero attached hydrogens (tertiary/aromatic N) is 1. The van der Waals surface area contributed by atoms with Crippen molar-refractivity contribution >= 4 is 5.69 Å². The van der Waals surface area contributed by atoms with Crippen LogP contribution in [0.3, 0.4) is 0 Å². The van der Waals surface area contributed by atoms with Crippen LogP contribution < -0.4 is 10.5 Å². The Morgan fingerprint density at radius 2 is 2.14 bits per heavy atom. The molecule has 1 aromatic heterocycles. The number of nitrogen functional groups attached to an aromatic ring is 1. The third-order valence-electron chi connectivity index (χ3n) is 1.96. The van der Waals surface area contributed by atoms with Crippen molar-refractivity contribution in [1.29, 1.82) is 0 Å². The van der Waals surface area contributed by atoms with Crippen molar-refractivity contribution in [1.82, 2.24) is 5.16 Å². The molecule has 4 heteroatoms. The predicted molar refractivity (Wildman–Crippen MR) is 52.9 cm³/mol. The summed E-state index contributed by atoms with van der Waals surface area (Å²) in [5.74, 6) is 0.730. The Morgan fingerprint density at radius 1 is 1.36 bits per heavy atom. The van der Waals surface area contributed by atoms with Crippen molar-refractivity contribution < 1.29 is 9.26 Å². The van der Waals surface area contributed by atoms with E-state index in [-0.39, 0.29) is 0 Å². The number of hydrogen-bond donors (Lipinski definition) is 1. The number of para-hydroxylation sites is 1. The summed E-state index contributed by atoms with van der Waals surface area (Å²) in [7, 11) is 1.61. The number of anilines is 1. The van der Waals surface area contributed by atoms with Gasteiger partial charge in [-0.1, -0.05) is 17.3 Å². The fourth-order valence-corrected chi connectivity index (χ4v) is 1.29. The van der Waals surface area contributed by atoms with Crippen molar-refractivity contribution in [2.24, 2.45) is 0 Å². The summed E-state index contributed by atoms with van der Waals surface area (Å²) in [6.45, 7) is 0. The summed E-state index contributed by atoms with van der Waals surface area (Å²) in [6.07, 6.45) is 1.40. The molecule has 14 heavy (non-hydrogen) atoms. The van der Waals surface area contributed by atoms with Crippen molar-refractivity contribution in [3.05, 3.63) is 30.5 Å². The summed E-state index contributed by atoms with van der Waals surface area (Å²) in [4.78, 5) is 0. The molecule has 72 valence electrons. The van der Waals surface area contributed by atoms with Crippen LogP contribution in [0.25, 0.3) is 11.3 Å². The Kier molecular flexibility index (Phi) is 2.10. The van der Waals surface area contributed by atoms with Gasteiger partial charge in [-0.25, -0.2) is 0 Å². The molecule has 2 rings (SSSR count). The lowest BCUT2D eigenvalue weighted by atomic mass is 10.1. The van der Waals surface area contributed by atoms with Gasteiger partial charge in [-0.2, -0.15) is 0 Å². The fraction of sp³-hybridized carbons (Fsp3) is 0.100. The Balaban J connectivity index is 2.56. The molecule has 0 radical (unpaired) electrons. The van der Waals surface area contributed by atoms with Gasteiger partial charge in [-0.15, -0.1) is 0 Å². The Bertz CT molecular complexity index is 437. The maximum absolute atomic E-state index is 5.68. The molecule has 0 fully saturated rings. The highest BCUT2D eigenvalue weighted by Crippen LogP contribution is 2.31. The van der Waals surface area contributed by atoms with Crippen LogP contribution in [-0.2, 0) is 0 Å². The maximum atomic E-state index is 5.68. The van der Waals surface area contributed by atoms with Gasteiger partial charge in [0.1, 0.15) is 23.4 Å². The summed E-state index contributed by atoms with van der Waals surface area (Å²) in [6, 6.07) is 7.51. The molecular weight excluding hydrogens is 180 g/mol. The Morgan fingerprint density at radius 3 is 2.79 bits per heavy atom. The minimum Gasteiger partial charge on any atom is -0.496 e. The van der Waals surface area contributed by atoms with E-state index in [9.17, 15) is 0 Å². The molecule has 4 nitrogen and oxygen atoms in total. The molecule has 0 saturated carbocycles. The second-order valence-electron chi connectivity index (χ2n) is 2.82. The van der Waals surface area contributed by atoms with E-state index in [2.05, 4.69) is 5.16 Å². The van der Waals surface area contributed by atoms with Crippen molar-refractivity contribution in [2.45, 2.75) is 0 Å². The Hall–Kier alpha value is -1.97. The molecule has 2 N–H and O–H groups in total. The van der Waals surface area contributed by atoms with Crippen LogP contribution in [0.1, 0.15) is 0 Å². The molecule has 0 aliphatic heterocycles. The fourth-order valence-electron chi connectivity index (χ4n) is 1.29. The second-order valence-corrected chi connectivity index (χ2v) is 2.82.